The van der Waals surface area contributed by atoms with Crippen LogP contribution in [0.15, 0.2) is 12.1 Å². The van der Waals surface area contributed by atoms with E-state index in [1.165, 1.54) is 0 Å². The normalized spacial score (nSPS) is 10.6. The molecule has 1 aromatic carbocycles. The predicted octanol–water partition coefficient (Wildman–Crippen LogP) is 2.49. The lowest BCUT2D eigenvalue weighted by molar-refractivity contribution is -0.152. The molecule has 0 fully saturated rings. The van der Waals surface area contributed by atoms with Gasteiger partial charge in [-0.15, -0.1) is 0 Å². The maximum Gasteiger partial charge on any atom is 0.203 e. The van der Waals surface area contributed by atoms with Crippen LogP contribution in [0.4, 0.5) is 0 Å². The fourth-order valence-electron chi connectivity index (χ4n) is 1.82. The molecule has 0 amide bonds. The summed E-state index contributed by atoms with van der Waals surface area (Å²) in [6, 6.07) is 3.46. The minimum absolute atomic E-state index is 0.278. The Balaban J connectivity index is 2.83. The zero-order valence-corrected chi connectivity index (χ0v) is 13.3. The van der Waals surface area contributed by atoms with Crippen LogP contribution >= 0.6 is 0 Å². The van der Waals surface area contributed by atoms with Crippen molar-refractivity contribution in [3.05, 3.63) is 12.1 Å². The third-order valence-electron chi connectivity index (χ3n) is 2.73. The van der Waals surface area contributed by atoms with Crippen molar-refractivity contribution in [2.45, 2.75) is 20.1 Å². The highest BCUT2D eigenvalue weighted by atomic mass is 16.7. The van der Waals surface area contributed by atoms with E-state index in [0.717, 1.165) is 0 Å². The first-order valence-electron chi connectivity index (χ1n) is 6.86. The number of rotatable bonds is 10. The van der Waals surface area contributed by atoms with Crippen molar-refractivity contribution in [1.82, 2.24) is 0 Å². The van der Waals surface area contributed by atoms with Crippen LogP contribution in [0.1, 0.15) is 13.8 Å². The SMILES string of the molecule is CCOC(COc1cc(OC)c(OC)c(OC)c1)OCC. The Morgan fingerprint density at radius 3 is 1.76 bits per heavy atom. The quantitative estimate of drug-likeness (QED) is 0.619. The molecule has 120 valence electrons. The monoisotopic (exact) mass is 300 g/mol. The van der Waals surface area contributed by atoms with Gasteiger partial charge in [0.25, 0.3) is 0 Å². The molecular weight excluding hydrogens is 276 g/mol. The average molecular weight is 300 g/mol. The van der Waals surface area contributed by atoms with Crippen molar-refractivity contribution in [1.29, 1.82) is 0 Å². The highest BCUT2D eigenvalue weighted by Crippen LogP contribution is 2.40. The maximum atomic E-state index is 5.69. The summed E-state index contributed by atoms with van der Waals surface area (Å²) in [5.41, 5.74) is 0. The Kier molecular flexibility index (Phi) is 7.71. The van der Waals surface area contributed by atoms with Crippen molar-refractivity contribution in [2.75, 3.05) is 41.2 Å². The molecule has 0 saturated heterocycles. The van der Waals surface area contributed by atoms with Crippen LogP contribution in [0.5, 0.6) is 23.0 Å². The van der Waals surface area contributed by atoms with Gasteiger partial charge in [-0.25, -0.2) is 0 Å². The molecule has 0 bridgehead atoms. The van der Waals surface area contributed by atoms with Gasteiger partial charge < -0.3 is 28.4 Å². The number of hydrogen-bond acceptors (Lipinski definition) is 6. The number of benzene rings is 1. The molecule has 0 saturated carbocycles. The lowest BCUT2D eigenvalue weighted by Crippen LogP contribution is -2.25. The summed E-state index contributed by atoms with van der Waals surface area (Å²) < 4.78 is 32.4. The minimum Gasteiger partial charge on any atom is -0.493 e. The summed E-state index contributed by atoms with van der Waals surface area (Å²) in [5, 5.41) is 0. The molecule has 0 spiro atoms. The first-order chi connectivity index (χ1) is 10.2. The second-order valence-corrected chi connectivity index (χ2v) is 4.01. The van der Waals surface area contributed by atoms with E-state index >= 15 is 0 Å². The van der Waals surface area contributed by atoms with E-state index in [4.69, 9.17) is 28.4 Å². The van der Waals surface area contributed by atoms with E-state index in [1.54, 1.807) is 33.5 Å². The first kappa shape index (κ1) is 17.4. The lowest BCUT2D eigenvalue weighted by Gasteiger charge is -2.19. The van der Waals surface area contributed by atoms with Crippen LogP contribution in [0, 0.1) is 0 Å². The zero-order chi connectivity index (χ0) is 15.7. The van der Waals surface area contributed by atoms with Crippen LogP contribution < -0.4 is 18.9 Å². The van der Waals surface area contributed by atoms with E-state index in [2.05, 4.69) is 0 Å². The predicted molar refractivity (Wildman–Crippen MR) is 78.6 cm³/mol. The Hall–Kier alpha value is -1.66. The molecule has 0 unspecified atom stereocenters. The first-order valence-corrected chi connectivity index (χ1v) is 6.86. The number of methoxy groups -OCH3 is 3. The summed E-state index contributed by atoms with van der Waals surface area (Å²) >= 11 is 0. The minimum atomic E-state index is -0.404. The van der Waals surface area contributed by atoms with E-state index in [-0.39, 0.29) is 6.61 Å². The number of ether oxygens (including phenoxy) is 6. The summed E-state index contributed by atoms with van der Waals surface area (Å²) in [5.74, 6) is 2.19. The van der Waals surface area contributed by atoms with Gasteiger partial charge in [-0.2, -0.15) is 0 Å². The molecule has 0 heterocycles. The Morgan fingerprint density at radius 1 is 0.857 bits per heavy atom. The second kappa shape index (κ2) is 9.31. The fourth-order valence-corrected chi connectivity index (χ4v) is 1.82. The van der Waals surface area contributed by atoms with Crippen molar-refractivity contribution in [3.63, 3.8) is 0 Å². The lowest BCUT2D eigenvalue weighted by atomic mass is 10.2. The van der Waals surface area contributed by atoms with Crippen LogP contribution in [0.2, 0.25) is 0 Å². The molecular formula is C15H24O6. The van der Waals surface area contributed by atoms with Crippen LogP contribution in [0.3, 0.4) is 0 Å². The largest absolute Gasteiger partial charge is 0.493 e. The Morgan fingerprint density at radius 2 is 1.38 bits per heavy atom. The molecule has 1 rings (SSSR count). The van der Waals surface area contributed by atoms with Crippen LogP contribution in [-0.4, -0.2) is 47.4 Å². The highest BCUT2D eigenvalue weighted by molar-refractivity contribution is 5.55. The highest BCUT2D eigenvalue weighted by Gasteiger charge is 2.15. The standard InChI is InChI=1S/C15H24O6/c1-6-19-14(20-7-2)10-21-11-8-12(16-3)15(18-5)13(9-11)17-4/h8-9,14H,6-7,10H2,1-5H3. The average Bonchev–Trinajstić information content (AvgIpc) is 2.51. The van der Waals surface area contributed by atoms with E-state index in [0.29, 0.717) is 36.2 Å². The van der Waals surface area contributed by atoms with Crippen molar-refractivity contribution in [2.24, 2.45) is 0 Å². The van der Waals surface area contributed by atoms with Crippen LogP contribution in [-0.2, 0) is 9.47 Å². The molecule has 0 atom stereocenters. The molecule has 0 aliphatic rings. The van der Waals surface area contributed by atoms with Gasteiger partial charge in [-0.05, 0) is 13.8 Å². The molecule has 0 aliphatic heterocycles. The molecule has 1 aromatic rings. The molecule has 0 N–H and O–H groups in total. The zero-order valence-electron chi connectivity index (χ0n) is 13.3. The van der Waals surface area contributed by atoms with Gasteiger partial charge in [0.15, 0.2) is 17.8 Å². The van der Waals surface area contributed by atoms with E-state index in [9.17, 15) is 0 Å². The smallest absolute Gasteiger partial charge is 0.203 e. The number of hydrogen-bond donors (Lipinski definition) is 0. The summed E-state index contributed by atoms with van der Waals surface area (Å²) in [6.07, 6.45) is -0.404. The second-order valence-electron chi connectivity index (χ2n) is 4.01. The van der Waals surface area contributed by atoms with E-state index < -0.39 is 6.29 Å². The molecule has 0 aromatic heterocycles. The Labute approximate surface area is 125 Å². The van der Waals surface area contributed by atoms with Crippen molar-refractivity contribution < 1.29 is 28.4 Å². The van der Waals surface area contributed by atoms with Gasteiger partial charge in [0, 0.05) is 25.3 Å². The molecule has 6 nitrogen and oxygen atoms in total. The van der Waals surface area contributed by atoms with Crippen molar-refractivity contribution in [3.8, 4) is 23.0 Å². The summed E-state index contributed by atoms with van der Waals surface area (Å²) in [4.78, 5) is 0. The molecule has 6 heteroatoms. The van der Waals surface area contributed by atoms with Crippen molar-refractivity contribution >= 4 is 0 Å². The topological polar surface area (TPSA) is 55.4 Å². The Bertz CT molecular complexity index is 390. The third-order valence-corrected chi connectivity index (χ3v) is 2.73. The van der Waals surface area contributed by atoms with Gasteiger partial charge in [0.05, 0.1) is 21.3 Å². The van der Waals surface area contributed by atoms with Gasteiger partial charge in [0.2, 0.25) is 5.75 Å². The maximum absolute atomic E-state index is 5.69. The molecule has 0 aliphatic carbocycles. The summed E-state index contributed by atoms with van der Waals surface area (Å²) in [6.45, 7) is 5.21. The molecule has 21 heavy (non-hydrogen) atoms. The van der Waals surface area contributed by atoms with Gasteiger partial charge >= 0.3 is 0 Å². The molecule has 0 radical (unpaired) electrons. The fraction of sp³-hybridized carbons (Fsp3) is 0.600. The van der Waals surface area contributed by atoms with Gasteiger partial charge in [-0.3, -0.25) is 0 Å². The van der Waals surface area contributed by atoms with E-state index in [1.807, 2.05) is 13.8 Å². The van der Waals surface area contributed by atoms with Gasteiger partial charge in [-0.1, -0.05) is 0 Å². The van der Waals surface area contributed by atoms with Gasteiger partial charge in [0.1, 0.15) is 12.4 Å². The third kappa shape index (κ3) is 4.99. The summed E-state index contributed by atoms with van der Waals surface area (Å²) in [7, 11) is 4.68. The van der Waals surface area contributed by atoms with Crippen LogP contribution in [0.25, 0.3) is 0 Å².